The number of aliphatic hydroxyl groups is 1. The standard InChI is InChI=1S/C34H44N4O8/c1-23-21-35-27(40)11-6-5-10-26-28(33(43)45-23)29-31(41)38(25(22-39)20-24-8-3-2-4-9-24)30-32(42)37(13-7-12-34(29,30)46-26)15-14-36-16-18-44-19-17-36/h2-5,7-10,12,23,25-26,28-30,39H,6,11,13-22H2,1H3,(H,35,40)/b10-5-/t23-,25+,26-,28+,29+,30-,34+/m0/s1. The number of ether oxygens (including phenoxy) is 3. The van der Waals surface area contributed by atoms with Crippen LogP contribution >= 0.6 is 0 Å². The zero-order valence-corrected chi connectivity index (χ0v) is 26.3. The van der Waals surface area contributed by atoms with E-state index < -0.39 is 53.6 Å². The zero-order chi connectivity index (χ0) is 32.3. The number of likely N-dealkylation sites (tertiary alicyclic amines) is 1. The molecule has 46 heavy (non-hydrogen) atoms. The lowest BCUT2D eigenvalue weighted by atomic mass is 9.78. The molecule has 2 N–H and O–H groups in total. The Kier molecular flexibility index (Phi) is 9.88. The molecule has 3 fully saturated rings. The fourth-order valence-corrected chi connectivity index (χ4v) is 7.47. The van der Waals surface area contributed by atoms with Gasteiger partial charge < -0.3 is 34.4 Å². The Bertz CT molecular complexity index is 1350. The van der Waals surface area contributed by atoms with Crippen molar-refractivity contribution >= 4 is 23.7 Å². The summed E-state index contributed by atoms with van der Waals surface area (Å²) in [4.78, 5) is 61.0. The van der Waals surface area contributed by atoms with Crippen LogP contribution < -0.4 is 5.32 Å². The summed E-state index contributed by atoms with van der Waals surface area (Å²) in [6, 6.07) is 7.70. The molecule has 0 aromatic heterocycles. The lowest BCUT2D eigenvalue weighted by Gasteiger charge is -2.39. The molecule has 248 valence electrons. The van der Waals surface area contributed by atoms with Crippen LogP contribution in [0.3, 0.4) is 0 Å². The van der Waals surface area contributed by atoms with Crippen molar-refractivity contribution in [3.8, 4) is 0 Å². The second-order valence-electron chi connectivity index (χ2n) is 12.8. The van der Waals surface area contributed by atoms with Gasteiger partial charge in [0.15, 0.2) is 0 Å². The van der Waals surface area contributed by atoms with Crippen LogP contribution in [-0.4, -0.2) is 132 Å². The van der Waals surface area contributed by atoms with Crippen molar-refractivity contribution in [2.24, 2.45) is 11.8 Å². The minimum atomic E-state index is -1.46. The predicted molar refractivity (Wildman–Crippen MR) is 166 cm³/mol. The van der Waals surface area contributed by atoms with E-state index in [1.54, 1.807) is 30.1 Å². The molecule has 6 rings (SSSR count). The first-order valence-electron chi connectivity index (χ1n) is 16.4. The Morgan fingerprint density at radius 2 is 1.83 bits per heavy atom. The van der Waals surface area contributed by atoms with Crippen LogP contribution in [0, 0.1) is 11.8 Å². The summed E-state index contributed by atoms with van der Waals surface area (Å²) in [6.45, 7) is 5.72. The normalized spacial score (nSPS) is 33.6. The van der Waals surface area contributed by atoms with Crippen LogP contribution in [0.2, 0.25) is 0 Å². The van der Waals surface area contributed by atoms with E-state index in [0.29, 0.717) is 45.7 Å². The summed E-state index contributed by atoms with van der Waals surface area (Å²) in [7, 11) is 0. The van der Waals surface area contributed by atoms with Gasteiger partial charge >= 0.3 is 5.97 Å². The van der Waals surface area contributed by atoms with E-state index in [1.165, 1.54) is 4.90 Å². The van der Waals surface area contributed by atoms with Crippen molar-refractivity contribution in [3.05, 3.63) is 60.2 Å². The lowest BCUT2D eigenvalue weighted by Crippen LogP contribution is -2.59. The van der Waals surface area contributed by atoms with E-state index in [4.69, 9.17) is 14.2 Å². The Morgan fingerprint density at radius 3 is 2.59 bits per heavy atom. The van der Waals surface area contributed by atoms with Gasteiger partial charge in [-0.15, -0.1) is 0 Å². The Balaban J connectivity index is 1.38. The molecule has 5 heterocycles. The van der Waals surface area contributed by atoms with Crippen molar-refractivity contribution in [2.45, 2.75) is 56.1 Å². The molecule has 3 amide bonds. The molecular formula is C34H44N4O8. The van der Waals surface area contributed by atoms with Gasteiger partial charge in [-0.05, 0) is 25.3 Å². The Labute approximate surface area is 269 Å². The fraction of sp³-hybridized carbons (Fsp3) is 0.588. The lowest BCUT2D eigenvalue weighted by molar-refractivity contribution is -0.159. The molecule has 12 heteroatoms. The maximum absolute atomic E-state index is 14.7. The molecule has 1 aromatic carbocycles. The van der Waals surface area contributed by atoms with Crippen molar-refractivity contribution in [3.63, 3.8) is 0 Å². The van der Waals surface area contributed by atoms with Gasteiger partial charge in [0.25, 0.3) is 0 Å². The molecule has 0 saturated carbocycles. The van der Waals surface area contributed by atoms with E-state index >= 15 is 0 Å². The molecule has 5 aliphatic rings. The number of esters is 1. The summed E-state index contributed by atoms with van der Waals surface area (Å²) in [5.74, 6) is -3.54. The number of benzene rings is 1. The minimum absolute atomic E-state index is 0.144. The average Bonchev–Trinajstić information content (AvgIpc) is 3.46. The molecule has 0 radical (unpaired) electrons. The highest BCUT2D eigenvalue weighted by Crippen LogP contribution is 2.53. The summed E-state index contributed by atoms with van der Waals surface area (Å²) in [6.07, 6.45) is 6.69. The monoisotopic (exact) mass is 636 g/mol. The topological polar surface area (TPSA) is 138 Å². The number of allylic oxidation sites excluding steroid dienone is 1. The molecule has 0 bridgehead atoms. The van der Waals surface area contributed by atoms with Gasteiger partial charge in [-0.1, -0.05) is 54.6 Å². The minimum Gasteiger partial charge on any atom is -0.460 e. The molecule has 0 aliphatic carbocycles. The van der Waals surface area contributed by atoms with Crippen molar-refractivity contribution < 1.29 is 38.5 Å². The fourth-order valence-electron chi connectivity index (χ4n) is 7.47. The number of aliphatic hydroxyl groups excluding tert-OH is 1. The molecular weight excluding hydrogens is 592 g/mol. The van der Waals surface area contributed by atoms with Gasteiger partial charge in [-0.25, -0.2) is 0 Å². The third-order valence-corrected chi connectivity index (χ3v) is 9.76. The molecule has 12 nitrogen and oxygen atoms in total. The average molecular weight is 637 g/mol. The maximum Gasteiger partial charge on any atom is 0.313 e. The van der Waals surface area contributed by atoms with E-state index in [2.05, 4.69) is 10.2 Å². The second-order valence-corrected chi connectivity index (χ2v) is 12.8. The highest BCUT2D eigenvalue weighted by molar-refractivity contribution is 5.99. The highest BCUT2D eigenvalue weighted by atomic mass is 16.6. The molecule has 7 atom stereocenters. The van der Waals surface area contributed by atoms with E-state index in [1.807, 2.05) is 36.4 Å². The van der Waals surface area contributed by atoms with Crippen molar-refractivity contribution in [2.75, 3.05) is 59.1 Å². The van der Waals surface area contributed by atoms with Crippen molar-refractivity contribution in [1.29, 1.82) is 0 Å². The zero-order valence-electron chi connectivity index (χ0n) is 26.3. The molecule has 1 aromatic rings. The largest absolute Gasteiger partial charge is 0.460 e. The SMILES string of the molecule is C[C@H]1CNC(=O)CC/C=C\[C@@H]2O[C@@]34C=CCN(CCN5CCOCC5)C(=O)[C@@H]3N([C@@H](CO)Cc3ccccc3)C(=O)[C@H]4[C@@H]2C(=O)O1. The number of fused-ring (bicyclic) bond motifs is 2. The highest BCUT2D eigenvalue weighted by Gasteiger charge is 2.72. The number of carbonyl (C=O) groups is 4. The Morgan fingerprint density at radius 1 is 1.04 bits per heavy atom. The number of morpholine rings is 1. The first-order valence-corrected chi connectivity index (χ1v) is 16.4. The van der Waals surface area contributed by atoms with Crippen LogP contribution in [0.25, 0.3) is 0 Å². The van der Waals surface area contributed by atoms with Gasteiger partial charge in [-0.3, -0.25) is 24.1 Å². The number of hydrogen-bond acceptors (Lipinski definition) is 9. The van der Waals surface area contributed by atoms with Crippen LogP contribution in [0.5, 0.6) is 0 Å². The van der Waals surface area contributed by atoms with Crippen LogP contribution in [0.15, 0.2) is 54.6 Å². The number of nitrogens with zero attached hydrogens (tertiary/aromatic N) is 3. The number of carbonyl (C=O) groups excluding carboxylic acids is 4. The number of rotatable bonds is 7. The summed E-state index contributed by atoms with van der Waals surface area (Å²) in [5, 5.41) is 13.5. The maximum atomic E-state index is 14.7. The van der Waals surface area contributed by atoms with Crippen LogP contribution in [0.4, 0.5) is 0 Å². The van der Waals surface area contributed by atoms with Gasteiger partial charge in [0.2, 0.25) is 17.7 Å². The summed E-state index contributed by atoms with van der Waals surface area (Å²) in [5.41, 5.74) is -0.549. The van der Waals surface area contributed by atoms with Crippen molar-refractivity contribution in [1.82, 2.24) is 20.0 Å². The second kappa shape index (κ2) is 14.0. The number of amides is 3. The van der Waals surface area contributed by atoms with E-state index in [-0.39, 0.29) is 31.4 Å². The molecule has 3 saturated heterocycles. The smallest absolute Gasteiger partial charge is 0.313 e. The molecule has 0 unspecified atom stereocenters. The third kappa shape index (κ3) is 6.35. The van der Waals surface area contributed by atoms with Crippen LogP contribution in [-0.2, 0) is 39.8 Å². The van der Waals surface area contributed by atoms with E-state index in [0.717, 1.165) is 18.7 Å². The summed E-state index contributed by atoms with van der Waals surface area (Å²) < 4.78 is 18.0. The third-order valence-electron chi connectivity index (χ3n) is 9.76. The quantitative estimate of drug-likeness (QED) is 0.320. The van der Waals surface area contributed by atoms with Gasteiger partial charge in [0.1, 0.15) is 23.7 Å². The first-order chi connectivity index (χ1) is 22.3. The van der Waals surface area contributed by atoms with Gasteiger partial charge in [-0.2, -0.15) is 0 Å². The van der Waals surface area contributed by atoms with Gasteiger partial charge in [0.05, 0.1) is 44.4 Å². The number of cyclic esters (lactones) is 1. The number of hydrogen-bond donors (Lipinski definition) is 2. The van der Waals surface area contributed by atoms with E-state index in [9.17, 15) is 24.3 Å². The van der Waals surface area contributed by atoms with Gasteiger partial charge in [0, 0.05) is 39.1 Å². The first kappa shape index (κ1) is 32.4. The Hall–Kier alpha value is -3.58. The molecule has 5 aliphatic heterocycles. The van der Waals surface area contributed by atoms with Crippen LogP contribution in [0.1, 0.15) is 25.3 Å². The molecule has 1 spiro atoms. The number of nitrogens with one attached hydrogen (secondary N) is 1. The predicted octanol–water partition coefficient (Wildman–Crippen LogP) is 0.299. The summed E-state index contributed by atoms with van der Waals surface area (Å²) >= 11 is 0.